The zero-order valence-electron chi connectivity index (χ0n) is 17.9. The molecule has 0 saturated heterocycles. The van der Waals surface area contributed by atoms with Crippen molar-refractivity contribution in [3.63, 3.8) is 0 Å². The summed E-state index contributed by atoms with van der Waals surface area (Å²) in [5.41, 5.74) is 1.91. The van der Waals surface area contributed by atoms with Crippen LogP contribution in [0.3, 0.4) is 0 Å². The predicted molar refractivity (Wildman–Crippen MR) is 120 cm³/mol. The number of imidazole rings is 1. The molecule has 8 nitrogen and oxygen atoms in total. The molecule has 0 bridgehead atoms. The van der Waals surface area contributed by atoms with Crippen molar-refractivity contribution in [3.05, 3.63) is 86.8 Å². The molecule has 4 aromatic rings. The Morgan fingerprint density at radius 1 is 0.938 bits per heavy atom. The van der Waals surface area contributed by atoms with Gasteiger partial charge >= 0.3 is 5.69 Å². The number of fused-ring (bicyclic) bond motifs is 2. The SMILES string of the molecule is CCCCn1cnc2c1c(=O)n(Cc1ccc3c(c1)OCO3)c(=O)n2Cc1ccccc1. The van der Waals surface area contributed by atoms with Crippen LogP contribution in [0.2, 0.25) is 0 Å². The van der Waals surface area contributed by atoms with Crippen molar-refractivity contribution < 1.29 is 9.47 Å². The van der Waals surface area contributed by atoms with Crippen LogP contribution < -0.4 is 20.7 Å². The van der Waals surface area contributed by atoms with Crippen LogP contribution in [0.15, 0.2) is 64.4 Å². The molecule has 5 rings (SSSR count). The fourth-order valence-corrected chi connectivity index (χ4v) is 4.01. The van der Waals surface area contributed by atoms with E-state index in [1.807, 2.05) is 47.0 Å². The van der Waals surface area contributed by atoms with Gasteiger partial charge in [0.1, 0.15) is 0 Å². The Kier molecular flexibility index (Phi) is 5.26. The first-order valence-electron chi connectivity index (χ1n) is 10.8. The van der Waals surface area contributed by atoms with E-state index in [1.54, 1.807) is 17.0 Å². The van der Waals surface area contributed by atoms with Gasteiger partial charge in [-0.05, 0) is 29.7 Å². The summed E-state index contributed by atoms with van der Waals surface area (Å²) in [6.07, 6.45) is 3.58. The monoisotopic (exact) mass is 432 g/mol. The summed E-state index contributed by atoms with van der Waals surface area (Å²) < 4.78 is 15.6. The summed E-state index contributed by atoms with van der Waals surface area (Å²) in [6.45, 7) is 3.42. The van der Waals surface area contributed by atoms with Gasteiger partial charge in [0.25, 0.3) is 5.56 Å². The van der Waals surface area contributed by atoms with Crippen LogP contribution in [0.25, 0.3) is 11.2 Å². The minimum absolute atomic E-state index is 0.137. The van der Waals surface area contributed by atoms with E-state index < -0.39 is 0 Å². The molecule has 0 saturated carbocycles. The van der Waals surface area contributed by atoms with Crippen molar-refractivity contribution in [2.75, 3.05) is 6.79 Å². The van der Waals surface area contributed by atoms with E-state index >= 15 is 0 Å². The Labute approximate surface area is 184 Å². The number of nitrogens with zero attached hydrogens (tertiary/aromatic N) is 4. The largest absolute Gasteiger partial charge is 0.454 e. The van der Waals surface area contributed by atoms with Crippen molar-refractivity contribution in [2.24, 2.45) is 0 Å². The van der Waals surface area contributed by atoms with Crippen LogP contribution in [0.4, 0.5) is 0 Å². The van der Waals surface area contributed by atoms with Gasteiger partial charge in [0, 0.05) is 6.54 Å². The lowest BCUT2D eigenvalue weighted by Crippen LogP contribution is -2.41. The van der Waals surface area contributed by atoms with Crippen molar-refractivity contribution >= 4 is 11.2 Å². The van der Waals surface area contributed by atoms with E-state index in [9.17, 15) is 9.59 Å². The van der Waals surface area contributed by atoms with E-state index in [-0.39, 0.29) is 24.6 Å². The van der Waals surface area contributed by atoms with Crippen molar-refractivity contribution in [3.8, 4) is 11.5 Å². The normalized spacial score (nSPS) is 12.5. The molecule has 0 spiro atoms. The van der Waals surface area contributed by atoms with Crippen LogP contribution in [0.5, 0.6) is 11.5 Å². The molecule has 0 aliphatic carbocycles. The molecular weight excluding hydrogens is 408 g/mol. The summed E-state index contributed by atoms with van der Waals surface area (Å²) in [4.78, 5) is 31.4. The molecular formula is C24H24N4O4. The van der Waals surface area contributed by atoms with E-state index in [0.29, 0.717) is 35.8 Å². The molecule has 3 heterocycles. The average molecular weight is 432 g/mol. The van der Waals surface area contributed by atoms with Gasteiger partial charge in [-0.2, -0.15) is 0 Å². The maximum atomic E-state index is 13.5. The average Bonchev–Trinajstić information content (AvgIpc) is 3.45. The molecule has 1 aliphatic rings. The van der Waals surface area contributed by atoms with Gasteiger partial charge < -0.3 is 14.0 Å². The first-order chi connectivity index (χ1) is 15.7. The van der Waals surface area contributed by atoms with Gasteiger partial charge in [0.15, 0.2) is 22.7 Å². The van der Waals surface area contributed by atoms with E-state index in [0.717, 1.165) is 24.0 Å². The highest BCUT2D eigenvalue weighted by atomic mass is 16.7. The number of aryl methyl sites for hydroxylation is 1. The first-order valence-corrected chi connectivity index (χ1v) is 10.8. The highest BCUT2D eigenvalue weighted by molar-refractivity contribution is 5.70. The summed E-state index contributed by atoms with van der Waals surface area (Å²) in [6, 6.07) is 15.2. The third-order valence-electron chi connectivity index (χ3n) is 5.70. The van der Waals surface area contributed by atoms with Crippen LogP contribution in [-0.4, -0.2) is 25.5 Å². The number of hydrogen-bond acceptors (Lipinski definition) is 5. The van der Waals surface area contributed by atoms with Crippen molar-refractivity contribution in [2.45, 2.75) is 39.4 Å². The molecule has 32 heavy (non-hydrogen) atoms. The molecule has 0 amide bonds. The van der Waals surface area contributed by atoms with Crippen molar-refractivity contribution in [1.29, 1.82) is 0 Å². The molecule has 0 unspecified atom stereocenters. The maximum Gasteiger partial charge on any atom is 0.333 e. The third kappa shape index (κ3) is 3.57. The number of hydrogen-bond donors (Lipinski definition) is 0. The highest BCUT2D eigenvalue weighted by Gasteiger charge is 2.20. The second-order valence-corrected chi connectivity index (χ2v) is 7.90. The summed E-state index contributed by atoms with van der Waals surface area (Å²) in [7, 11) is 0. The molecule has 1 aliphatic heterocycles. The Bertz CT molecular complexity index is 1390. The number of rotatable bonds is 7. The van der Waals surface area contributed by atoms with Gasteiger partial charge in [0.2, 0.25) is 6.79 Å². The minimum Gasteiger partial charge on any atom is -0.454 e. The molecule has 2 aromatic carbocycles. The van der Waals surface area contributed by atoms with Crippen LogP contribution in [0, 0.1) is 0 Å². The Balaban J connectivity index is 1.65. The topological polar surface area (TPSA) is 80.3 Å². The van der Waals surface area contributed by atoms with Gasteiger partial charge in [-0.25, -0.2) is 9.78 Å². The molecule has 0 radical (unpaired) electrons. The second-order valence-electron chi connectivity index (χ2n) is 7.90. The number of aromatic nitrogens is 4. The molecule has 2 aromatic heterocycles. The van der Waals surface area contributed by atoms with Crippen LogP contribution in [0.1, 0.15) is 30.9 Å². The minimum atomic E-state index is -0.384. The van der Waals surface area contributed by atoms with E-state index in [1.165, 1.54) is 4.57 Å². The lowest BCUT2D eigenvalue weighted by molar-refractivity contribution is 0.174. The molecule has 164 valence electrons. The van der Waals surface area contributed by atoms with Crippen LogP contribution >= 0.6 is 0 Å². The van der Waals surface area contributed by atoms with Gasteiger partial charge in [-0.3, -0.25) is 13.9 Å². The zero-order valence-corrected chi connectivity index (χ0v) is 17.9. The third-order valence-corrected chi connectivity index (χ3v) is 5.70. The zero-order chi connectivity index (χ0) is 22.1. The summed E-state index contributed by atoms with van der Waals surface area (Å²) in [5, 5.41) is 0. The van der Waals surface area contributed by atoms with E-state index in [4.69, 9.17) is 9.47 Å². The second kappa shape index (κ2) is 8.37. The smallest absolute Gasteiger partial charge is 0.333 e. The Morgan fingerprint density at radius 2 is 1.72 bits per heavy atom. The van der Waals surface area contributed by atoms with Gasteiger partial charge in [-0.1, -0.05) is 49.7 Å². The molecule has 0 fully saturated rings. The lowest BCUT2D eigenvalue weighted by atomic mass is 10.2. The molecule has 0 atom stereocenters. The van der Waals surface area contributed by atoms with Gasteiger partial charge in [0.05, 0.1) is 19.4 Å². The number of benzene rings is 2. The standard InChI is InChI=1S/C24H24N4O4/c1-2-3-11-26-15-25-22-21(26)23(29)28(14-18-9-10-19-20(12-18)32-16-31-19)24(30)27(22)13-17-7-5-4-6-8-17/h4-10,12,15H,2-3,11,13-14,16H2,1H3. The van der Waals surface area contributed by atoms with E-state index in [2.05, 4.69) is 11.9 Å². The fraction of sp³-hybridized carbons (Fsp3) is 0.292. The highest BCUT2D eigenvalue weighted by Crippen LogP contribution is 2.32. The summed E-state index contributed by atoms with van der Waals surface area (Å²) in [5.74, 6) is 1.28. The first kappa shape index (κ1) is 20.1. The maximum absolute atomic E-state index is 13.5. The summed E-state index contributed by atoms with van der Waals surface area (Å²) >= 11 is 0. The van der Waals surface area contributed by atoms with Crippen molar-refractivity contribution in [1.82, 2.24) is 18.7 Å². The molecule has 0 N–H and O–H groups in total. The Hall–Kier alpha value is -3.81. The number of ether oxygens (including phenoxy) is 2. The number of unbranched alkanes of at least 4 members (excludes halogenated alkanes) is 1. The molecule has 8 heteroatoms. The quantitative estimate of drug-likeness (QED) is 0.449. The van der Waals surface area contributed by atoms with Crippen LogP contribution in [-0.2, 0) is 19.6 Å². The predicted octanol–water partition coefficient (Wildman–Crippen LogP) is 2.99. The fourth-order valence-electron chi connectivity index (χ4n) is 4.01. The lowest BCUT2D eigenvalue weighted by Gasteiger charge is -2.13. The Morgan fingerprint density at radius 3 is 2.53 bits per heavy atom. The van der Waals surface area contributed by atoms with Gasteiger partial charge in [-0.15, -0.1) is 0 Å².